The van der Waals surface area contributed by atoms with Crippen LogP contribution in [0.1, 0.15) is 19.4 Å². The van der Waals surface area contributed by atoms with E-state index < -0.39 is 5.97 Å². The van der Waals surface area contributed by atoms with E-state index in [-0.39, 0.29) is 18.6 Å². The number of hydrogen-bond acceptors (Lipinski definition) is 6. The second-order valence-corrected chi connectivity index (χ2v) is 8.58. The molecule has 0 radical (unpaired) electrons. The molecule has 0 amide bonds. The van der Waals surface area contributed by atoms with Crippen LogP contribution in [0.4, 0.5) is 5.69 Å². The Balaban J connectivity index is 1.47. The van der Waals surface area contributed by atoms with Gasteiger partial charge in [-0.2, -0.15) is 0 Å². The Morgan fingerprint density at radius 2 is 1.73 bits per heavy atom. The Bertz CT molecular complexity index is 1100. The zero-order chi connectivity index (χ0) is 23.0. The predicted molar refractivity (Wildman–Crippen MR) is 133 cm³/mol. The normalized spacial score (nSPS) is 14.2. The number of anilines is 1. The van der Waals surface area contributed by atoms with Gasteiger partial charge in [-0.05, 0) is 61.9 Å². The number of benzene rings is 3. The molecule has 0 saturated heterocycles. The van der Waals surface area contributed by atoms with Crippen LogP contribution in [0.5, 0.6) is 11.5 Å². The average molecular weight is 462 g/mol. The molecule has 3 aromatic rings. The maximum atomic E-state index is 12.4. The van der Waals surface area contributed by atoms with E-state index in [4.69, 9.17) is 14.2 Å². The number of carbonyl (C=O) groups is 1. The minimum absolute atomic E-state index is 0.107. The van der Waals surface area contributed by atoms with Crippen LogP contribution < -0.4 is 14.4 Å². The Morgan fingerprint density at radius 1 is 1.00 bits per heavy atom. The van der Waals surface area contributed by atoms with Crippen LogP contribution in [0.15, 0.2) is 89.5 Å². The number of esters is 1. The van der Waals surface area contributed by atoms with E-state index in [0.29, 0.717) is 5.75 Å². The standard InChI is InChI=1S/C27H27NO4S/c1-3-30-27(29)25(32-22-9-5-4-6-10-22)19-21-13-15-23(16-14-21)31-20(2)28-17-18-33-26-12-8-7-11-24(26)28/h4-16,19-20H,3,17-18H2,1-2H3/b25-19-. The largest absolute Gasteiger partial charge is 0.471 e. The van der Waals surface area contributed by atoms with Crippen molar-refractivity contribution in [2.45, 2.75) is 25.0 Å². The van der Waals surface area contributed by atoms with Gasteiger partial charge < -0.3 is 19.1 Å². The molecule has 5 nitrogen and oxygen atoms in total. The molecule has 0 bridgehead atoms. The molecule has 1 atom stereocenters. The molecule has 1 aliphatic rings. The van der Waals surface area contributed by atoms with Crippen molar-refractivity contribution in [1.29, 1.82) is 0 Å². The van der Waals surface area contributed by atoms with Crippen molar-refractivity contribution >= 4 is 29.5 Å². The number of nitrogens with zero attached hydrogens (tertiary/aromatic N) is 1. The molecule has 0 aliphatic carbocycles. The Hall–Kier alpha value is -3.38. The van der Waals surface area contributed by atoms with E-state index in [1.54, 1.807) is 25.1 Å². The molecule has 1 aliphatic heterocycles. The van der Waals surface area contributed by atoms with Crippen LogP contribution in [0.25, 0.3) is 6.08 Å². The third-order valence-electron chi connectivity index (χ3n) is 5.14. The molecule has 0 aromatic heterocycles. The zero-order valence-electron chi connectivity index (χ0n) is 18.8. The number of ether oxygens (including phenoxy) is 3. The summed E-state index contributed by atoms with van der Waals surface area (Å²) in [7, 11) is 0. The van der Waals surface area contributed by atoms with Crippen LogP contribution in [0.3, 0.4) is 0 Å². The summed E-state index contributed by atoms with van der Waals surface area (Å²) in [6.45, 7) is 5.04. The van der Waals surface area contributed by atoms with Gasteiger partial charge in [-0.15, -0.1) is 11.8 Å². The van der Waals surface area contributed by atoms with Gasteiger partial charge in [-0.1, -0.05) is 42.5 Å². The first-order valence-electron chi connectivity index (χ1n) is 11.0. The molecule has 4 rings (SSSR count). The van der Waals surface area contributed by atoms with Crippen molar-refractivity contribution in [3.63, 3.8) is 0 Å². The van der Waals surface area contributed by atoms with E-state index in [2.05, 4.69) is 36.1 Å². The Morgan fingerprint density at radius 3 is 2.48 bits per heavy atom. The van der Waals surface area contributed by atoms with Crippen LogP contribution >= 0.6 is 11.8 Å². The molecule has 0 saturated carbocycles. The molecule has 0 N–H and O–H groups in total. The van der Waals surface area contributed by atoms with E-state index >= 15 is 0 Å². The number of rotatable bonds is 8. The van der Waals surface area contributed by atoms with Gasteiger partial charge in [-0.3, -0.25) is 0 Å². The minimum Gasteiger partial charge on any atom is -0.471 e. The predicted octanol–water partition coefficient (Wildman–Crippen LogP) is 6.01. The van der Waals surface area contributed by atoms with Crippen LogP contribution in [0.2, 0.25) is 0 Å². The Kier molecular flexibility index (Phi) is 7.58. The van der Waals surface area contributed by atoms with Crippen molar-refractivity contribution in [3.05, 3.63) is 90.2 Å². The number of thioether (sulfide) groups is 1. The lowest BCUT2D eigenvalue weighted by Crippen LogP contribution is -2.40. The summed E-state index contributed by atoms with van der Waals surface area (Å²) in [5.74, 6) is 2.00. The number of fused-ring (bicyclic) bond motifs is 1. The molecule has 1 unspecified atom stereocenters. The lowest BCUT2D eigenvalue weighted by atomic mass is 10.2. The molecule has 33 heavy (non-hydrogen) atoms. The lowest BCUT2D eigenvalue weighted by Gasteiger charge is -2.35. The molecule has 0 spiro atoms. The molecule has 1 heterocycles. The second-order valence-electron chi connectivity index (χ2n) is 7.44. The first kappa shape index (κ1) is 22.8. The van der Waals surface area contributed by atoms with Crippen molar-refractivity contribution in [3.8, 4) is 11.5 Å². The van der Waals surface area contributed by atoms with Crippen molar-refractivity contribution in [2.75, 3.05) is 23.8 Å². The van der Waals surface area contributed by atoms with Gasteiger partial charge in [0.2, 0.25) is 5.76 Å². The summed E-state index contributed by atoms with van der Waals surface area (Å²) in [6.07, 6.45) is 1.57. The summed E-state index contributed by atoms with van der Waals surface area (Å²) in [5.41, 5.74) is 2.02. The van der Waals surface area contributed by atoms with Gasteiger partial charge in [0.1, 0.15) is 11.5 Å². The fourth-order valence-corrected chi connectivity index (χ4v) is 4.59. The second kappa shape index (κ2) is 11.0. The van der Waals surface area contributed by atoms with Crippen LogP contribution in [0, 0.1) is 0 Å². The summed E-state index contributed by atoms with van der Waals surface area (Å²) < 4.78 is 17.2. The third-order valence-corrected chi connectivity index (χ3v) is 6.18. The maximum absolute atomic E-state index is 12.4. The monoisotopic (exact) mass is 461 g/mol. The molecule has 3 aromatic carbocycles. The molecular formula is C27H27NO4S. The van der Waals surface area contributed by atoms with Crippen molar-refractivity contribution < 1.29 is 19.0 Å². The van der Waals surface area contributed by atoms with Crippen LogP contribution in [-0.2, 0) is 9.53 Å². The van der Waals surface area contributed by atoms with Gasteiger partial charge in [-0.25, -0.2) is 4.79 Å². The van der Waals surface area contributed by atoms with Gasteiger partial charge in [0.05, 0.1) is 12.3 Å². The van der Waals surface area contributed by atoms with E-state index in [1.807, 2.05) is 54.2 Å². The number of hydrogen-bond donors (Lipinski definition) is 0. The SMILES string of the molecule is CCOC(=O)/C(=C/c1ccc(OC(C)N2CCSc3ccccc32)cc1)Oc1ccccc1. The maximum Gasteiger partial charge on any atom is 0.374 e. The number of para-hydroxylation sites is 2. The van der Waals surface area contributed by atoms with E-state index in [0.717, 1.165) is 23.6 Å². The highest BCUT2D eigenvalue weighted by Gasteiger charge is 2.22. The average Bonchev–Trinajstić information content (AvgIpc) is 2.85. The van der Waals surface area contributed by atoms with Gasteiger partial charge >= 0.3 is 5.97 Å². The van der Waals surface area contributed by atoms with E-state index in [9.17, 15) is 4.79 Å². The summed E-state index contributed by atoms with van der Waals surface area (Å²) in [6, 6.07) is 25.2. The molecule has 6 heteroatoms. The molecule has 0 fully saturated rings. The van der Waals surface area contributed by atoms with E-state index in [1.165, 1.54) is 10.6 Å². The smallest absolute Gasteiger partial charge is 0.374 e. The van der Waals surface area contributed by atoms with Crippen molar-refractivity contribution in [1.82, 2.24) is 0 Å². The molecule has 170 valence electrons. The van der Waals surface area contributed by atoms with Gasteiger partial charge in [0, 0.05) is 17.2 Å². The highest BCUT2D eigenvalue weighted by molar-refractivity contribution is 7.99. The quantitative estimate of drug-likeness (QED) is 0.233. The topological polar surface area (TPSA) is 48.0 Å². The third kappa shape index (κ3) is 5.90. The highest BCUT2D eigenvalue weighted by atomic mass is 32.2. The van der Waals surface area contributed by atoms with Crippen molar-refractivity contribution in [2.24, 2.45) is 0 Å². The lowest BCUT2D eigenvalue weighted by molar-refractivity contribution is -0.140. The zero-order valence-corrected chi connectivity index (χ0v) is 19.6. The number of carbonyl (C=O) groups excluding carboxylic acids is 1. The fourth-order valence-electron chi connectivity index (χ4n) is 3.57. The van der Waals surface area contributed by atoms with Gasteiger partial charge in [0.25, 0.3) is 0 Å². The van der Waals surface area contributed by atoms with Crippen LogP contribution in [-0.4, -0.2) is 31.1 Å². The Labute approximate surface area is 199 Å². The summed E-state index contributed by atoms with van der Waals surface area (Å²) in [5, 5.41) is 0. The minimum atomic E-state index is -0.503. The first-order chi connectivity index (χ1) is 16.1. The summed E-state index contributed by atoms with van der Waals surface area (Å²) in [4.78, 5) is 16.0. The fraction of sp³-hybridized carbons (Fsp3) is 0.222. The summed E-state index contributed by atoms with van der Waals surface area (Å²) >= 11 is 1.88. The van der Waals surface area contributed by atoms with Gasteiger partial charge in [0.15, 0.2) is 6.23 Å². The molecular weight excluding hydrogens is 434 g/mol. The highest BCUT2D eigenvalue weighted by Crippen LogP contribution is 2.35. The first-order valence-corrected chi connectivity index (χ1v) is 12.0.